The number of nitrogens with one attached hydrogen (secondary N) is 1. The van der Waals surface area contributed by atoms with Gasteiger partial charge in [0, 0.05) is 18.5 Å². The predicted molar refractivity (Wildman–Crippen MR) is 80.0 cm³/mol. The van der Waals surface area contributed by atoms with Crippen molar-refractivity contribution in [2.75, 3.05) is 13.2 Å². The molecule has 1 unspecified atom stereocenters. The molecule has 0 aliphatic heterocycles. The van der Waals surface area contributed by atoms with E-state index < -0.39 is 0 Å². The first kappa shape index (κ1) is 15.7. The van der Waals surface area contributed by atoms with Crippen molar-refractivity contribution in [2.24, 2.45) is 5.73 Å². The number of aromatic nitrogens is 1. The van der Waals surface area contributed by atoms with Crippen molar-refractivity contribution >= 4 is 17.2 Å². The van der Waals surface area contributed by atoms with Gasteiger partial charge in [0.15, 0.2) is 0 Å². The number of rotatable bonds is 8. The van der Waals surface area contributed by atoms with Crippen LogP contribution >= 0.6 is 11.3 Å². The van der Waals surface area contributed by atoms with E-state index in [2.05, 4.69) is 10.3 Å². The zero-order valence-electron chi connectivity index (χ0n) is 11.9. The first-order valence-corrected chi connectivity index (χ1v) is 7.64. The Balaban J connectivity index is 1.60. The lowest BCUT2D eigenvalue weighted by atomic mass is 10.3. The lowest BCUT2D eigenvalue weighted by molar-refractivity contribution is 0.0913. The second-order valence-electron chi connectivity index (χ2n) is 4.60. The van der Waals surface area contributed by atoms with E-state index in [9.17, 15) is 4.79 Å². The smallest absolute Gasteiger partial charge is 0.270 e. The topological polar surface area (TPSA) is 90.4 Å². The van der Waals surface area contributed by atoms with Crippen LogP contribution in [0.3, 0.4) is 0 Å². The van der Waals surface area contributed by atoms with Crippen LogP contribution in [0.2, 0.25) is 0 Å². The van der Waals surface area contributed by atoms with E-state index >= 15 is 0 Å². The summed E-state index contributed by atoms with van der Waals surface area (Å²) in [4.78, 5) is 16.0. The van der Waals surface area contributed by atoms with Crippen LogP contribution in [0.15, 0.2) is 28.2 Å². The molecule has 3 N–H and O–H groups in total. The molecule has 7 heteroatoms. The van der Waals surface area contributed by atoms with E-state index in [-0.39, 0.29) is 11.9 Å². The summed E-state index contributed by atoms with van der Waals surface area (Å²) in [6, 6.07) is 3.54. The Hall–Kier alpha value is -1.70. The van der Waals surface area contributed by atoms with Crippen LogP contribution in [-0.4, -0.2) is 24.0 Å². The van der Waals surface area contributed by atoms with Crippen molar-refractivity contribution in [1.82, 2.24) is 10.3 Å². The molecule has 0 spiro atoms. The van der Waals surface area contributed by atoms with Crippen LogP contribution in [0.25, 0.3) is 0 Å². The summed E-state index contributed by atoms with van der Waals surface area (Å²) >= 11 is 1.40. The summed E-state index contributed by atoms with van der Waals surface area (Å²) < 4.78 is 10.6. The van der Waals surface area contributed by atoms with Gasteiger partial charge in [0.1, 0.15) is 23.1 Å². The largest absolute Gasteiger partial charge is 0.467 e. The van der Waals surface area contributed by atoms with Gasteiger partial charge < -0.3 is 20.2 Å². The van der Waals surface area contributed by atoms with Gasteiger partial charge in [0.2, 0.25) is 0 Å². The normalized spacial score (nSPS) is 12.3. The third kappa shape index (κ3) is 4.96. The van der Waals surface area contributed by atoms with E-state index in [1.807, 2.05) is 19.1 Å². The average molecular weight is 309 g/mol. The molecular weight excluding hydrogens is 290 g/mol. The maximum absolute atomic E-state index is 11.8. The van der Waals surface area contributed by atoms with Crippen LogP contribution in [0, 0.1) is 0 Å². The molecule has 0 aliphatic rings. The first-order valence-electron chi connectivity index (χ1n) is 6.76. The lowest BCUT2D eigenvalue weighted by Gasteiger charge is -2.04. The van der Waals surface area contributed by atoms with Gasteiger partial charge in [-0.1, -0.05) is 0 Å². The molecule has 0 saturated heterocycles. The number of hydrogen-bond acceptors (Lipinski definition) is 6. The van der Waals surface area contributed by atoms with E-state index in [4.69, 9.17) is 14.9 Å². The summed E-state index contributed by atoms with van der Waals surface area (Å²) in [6.45, 7) is 3.40. The van der Waals surface area contributed by atoms with E-state index in [0.29, 0.717) is 25.5 Å². The maximum atomic E-state index is 11.8. The molecule has 1 atom stereocenters. The van der Waals surface area contributed by atoms with Gasteiger partial charge in [0.25, 0.3) is 5.91 Å². The number of thiazole rings is 1. The van der Waals surface area contributed by atoms with E-state index in [1.54, 1.807) is 11.6 Å². The minimum absolute atomic E-state index is 0.147. The molecular formula is C14H19N3O3S. The van der Waals surface area contributed by atoms with E-state index in [1.165, 1.54) is 11.3 Å². The van der Waals surface area contributed by atoms with Crippen molar-refractivity contribution in [3.63, 3.8) is 0 Å². The molecule has 0 aliphatic carbocycles. The molecule has 2 aromatic heterocycles. The number of carbonyl (C=O) groups is 1. The number of amides is 1. The monoisotopic (exact) mass is 309 g/mol. The van der Waals surface area contributed by atoms with Gasteiger partial charge in [-0.25, -0.2) is 4.98 Å². The van der Waals surface area contributed by atoms with Crippen LogP contribution in [0.1, 0.15) is 40.6 Å². The second-order valence-corrected chi connectivity index (χ2v) is 5.49. The van der Waals surface area contributed by atoms with Gasteiger partial charge in [-0.05, 0) is 25.5 Å². The first-order chi connectivity index (χ1) is 10.2. The molecule has 2 rings (SSSR count). The van der Waals surface area contributed by atoms with Gasteiger partial charge in [-0.3, -0.25) is 4.79 Å². The highest BCUT2D eigenvalue weighted by Crippen LogP contribution is 2.15. The fraction of sp³-hybridized carbons (Fsp3) is 0.429. The Labute approximate surface area is 127 Å². The zero-order chi connectivity index (χ0) is 15.1. The molecule has 0 fully saturated rings. The summed E-state index contributed by atoms with van der Waals surface area (Å²) in [7, 11) is 0. The predicted octanol–water partition coefficient (Wildman–Crippen LogP) is 2.09. The molecule has 0 radical (unpaired) electrons. The number of hydrogen-bond donors (Lipinski definition) is 2. The molecule has 21 heavy (non-hydrogen) atoms. The lowest BCUT2D eigenvalue weighted by Crippen LogP contribution is -2.25. The second kappa shape index (κ2) is 7.92. The fourth-order valence-electron chi connectivity index (χ4n) is 1.64. The van der Waals surface area contributed by atoms with E-state index in [0.717, 1.165) is 17.2 Å². The van der Waals surface area contributed by atoms with Crippen LogP contribution in [-0.2, 0) is 11.3 Å². The number of nitrogens with two attached hydrogens (primary N) is 1. The molecule has 6 nitrogen and oxygen atoms in total. The molecule has 0 aromatic carbocycles. The van der Waals surface area contributed by atoms with Crippen molar-refractivity contribution in [2.45, 2.75) is 26.0 Å². The SMILES string of the molecule is CC(N)c1nc(C(=O)NCCCOCc2ccco2)cs1. The molecule has 0 saturated carbocycles. The van der Waals surface area contributed by atoms with Gasteiger partial charge >= 0.3 is 0 Å². The van der Waals surface area contributed by atoms with Gasteiger partial charge in [-0.2, -0.15) is 0 Å². The molecule has 2 heterocycles. The Morgan fingerprint density at radius 2 is 2.48 bits per heavy atom. The Morgan fingerprint density at radius 3 is 3.14 bits per heavy atom. The minimum Gasteiger partial charge on any atom is -0.467 e. The highest BCUT2D eigenvalue weighted by molar-refractivity contribution is 7.09. The Kier molecular flexibility index (Phi) is 5.91. The molecule has 2 aromatic rings. The number of nitrogens with zero attached hydrogens (tertiary/aromatic N) is 1. The number of carbonyl (C=O) groups excluding carboxylic acids is 1. The van der Waals surface area contributed by atoms with Crippen molar-refractivity contribution in [1.29, 1.82) is 0 Å². The maximum Gasteiger partial charge on any atom is 0.270 e. The summed E-state index contributed by atoms with van der Waals surface area (Å²) in [5.41, 5.74) is 6.13. The average Bonchev–Trinajstić information content (AvgIpc) is 3.13. The number of ether oxygens (including phenoxy) is 1. The van der Waals surface area contributed by atoms with Crippen molar-refractivity contribution in [3.05, 3.63) is 40.2 Å². The minimum atomic E-state index is -0.177. The fourth-order valence-corrected chi connectivity index (χ4v) is 2.39. The molecule has 114 valence electrons. The summed E-state index contributed by atoms with van der Waals surface area (Å²) in [5, 5.41) is 5.30. The third-order valence-corrected chi connectivity index (χ3v) is 3.77. The number of furan rings is 1. The zero-order valence-corrected chi connectivity index (χ0v) is 12.7. The standard InChI is InChI=1S/C14H19N3O3S/c1-10(15)14-17-12(9-21-14)13(18)16-5-3-6-19-8-11-4-2-7-20-11/h2,4,7,9-10H,3,5-6,8,15H2,1H3,(H,16,18). The van der Waals surface area contributed by atoms with Crippen molar-refractivity contribution in [3.8, 4) is 0 Å². The Bertz CT molecular complexity index is 552. The van der Waals surface area contributed by atoms with Crippen LogP contribution in [0.5, 0.6) is 0 Å². The van der Waals surface area contributed by atoms with Gasteiger partial charge in [0.05, 0.1) is 12.3 Å². The molecule has 0 bridgehead atoms. The van der Waals surface area contributed by atoms with Crippen molar-refractivity contribution < 1.29 is 13.9 Å². The summed E-state index contributed by atoms with van der Waals surface area (Å²) in [6.07, 6.45) is 2.35. The highest BCUT2D eigenvalue weighted by Gasteiger charge is 2.11. The summed E-state index contributed by atoms with van der Waals surface area (Å²) in [5.74, 6) is 0.620. The molecule has 1 amide bonds. The van der Waals surface area contributed by atoms with Crippen LogP contribution in [0.4, 0.5) is 0 Å². The quantitative estimate of drug-likeness (QED) is 0.729. The van der Waals surface area contributed by atoms with Crippen LogP contribution < -0.4 is 11.1 Å². The van der Waals surface area contributed by atoms with Gasteiger partial charge in [-0.15, -0.1) is 11.3 Å². The highest BCUT2D eigenvalue weighted by atomic mass is 32.1. The Morgan fingerprint density at radius 1 is 1.62 bits per heavy atom. The third-order valence-electron chi connectivity index (χ3n) is 2.72.